The fourth-order valence-electron chi connectivity index (χ4n) is 2.31. The Morgan fingerprint density at radius 1 is 1.50 bits per heavy atom. The summed E-state index contributed by atoms with van der Waals surface area (Å²) in [5.41, 5.74) is 7.66. The number of anilines is 1. The summed E-state index contributed by atoms with van der Waals surface area (Å²) in [7, 11) is 1.56. The van der Waals surface area contributed by atoms with E-state index >= 15 is 0 Å². The number of aromatic carboxylic acids is 1. The maximum atomic E-state index is 12.3. The molecule has 0 saturated heterocycles. The fraction of sp³-hybridized carbons (Fsp3) is 0.429. The van der Waals surface area contributed by atoms with Crippen molar-refractivity contribution in [2.45, 2.75) is 18.9 Å². The van der Waals surface area contributed by atoms with E-state index in [4.69, 9.17) is 15.6 Å². The summed E-state index contributed by atoms with van der Waals surface area (Å²) < 4.78 is 4.92. The summed E-state index contributed by atoms with van der Waals surface area (Å²) in [5.74, 6) is -1.20. The van der Waals surface area contributed by atoms with Gasteiger partial charge in [0.1, 0.15) is 0 Å². The maximum Gasteiger partial charge on any atom is 0.335 e. The number of hydrogen-bond donors (Lipinski definition) is 2. The Balaban J connectivity index is 2.19. The Labute approximate surface area is 117 Å². The molecule has 1 amide bonds. The Kier molecular flexibility index (Phi) is 4.36. The average molecular weight is 278 g/mol. The summed E-state index contributed by atoms with van der Waals surface area (Å²) in [4.78, 5) is 24.9. The summed E-state index contributed by atoms with van der Waals surface area (Å²) in [5, 5.41) is 9.02. The third-order valence-corrected chi connectivity index (χ3v) is 3.44. The third-order valence-electron chi connectivity index (χ3n) is 3.44. The van der Waals surface area contributed by atoms with E-state index in [2.05, 4.69) is 0 Å². The second kappa shape index (κ2) is 6.02. The number of ether oxygens (including phenoxy) is 1. The summed E-state index contributed by atoms with van der Waals surface area (Å²) in [6.07, 6.45) is 1.16. The fourth-order valence-corrected chi connectivity index (χ4v) is 2.31. The number of nitrogens with zero attached hydrogens (tertiary/aromatic N) is 1. The minimum absolute atomic E-state index is 0.175. The summed E-state index contributed by atoms with van der Waals surface area (Å²) >= 11 is 0. The van der Waals surface area contributed by atoms with Crippen molar-refractivity contribution in [3.63, 3.8) is 0 Å². The van der Waals surface area contributed by atoms with Crippen molar-refractivity contribution in [3.05, 3.63) is 29.3 Å². The van der Waals surface area contributed by atoms with Gasteiger partial charge in [0.05, 0.1) is 11.6 Å². The van der Waals surface area contributed by atoms with Gasteiger partial charge in [-0.25, -0.2) is 4.79 Å². The van der Waals surface area contributed by atoms with Gasteiger partial charge >= 0.3 is 5.97 Å². The van der Waals surface area contributed by atoms with Crippen molar-refractivity contribution >= 4 is 17.6 Å². The lowest BCUT2D eigenvalue weighted by atomic mass is 10.1. The zero-order valence-corrected chi connectivity index (χ0v) is 11.3. The molecule has 20 heavy (non-hydrogen) atoms. The van der Waals surface area contributed by atoms with E-state index in [-0.39, 0.29) is 11.5 Å². The van der Waals surface area contributed by atoms with E-state index in [1.165, 1.54) is 6.07 Å². The highest BCUT2D eigenvalue weighted by molar-refractivity contribution is 6.00. The lowest BCUT2D eigenvalue weighted by Crippen LogP contribution is -2.43. The molecule has 1 unspecified atom stereocenters. The van der Waals surface area contributed by atoms with Gasteiger partial charge in [-0.3, -0.25) is 4.79 Å². The first kappa shape index (κ1) is 14.5. The number of carbonyl (C=O) groups is 2. The van der Waals surface area contributed by atoms with Crippen molar-refractivity contribution < 1.29 is 19.4 Å². The predicted octanol–water partition coefficient (Wildman–Crippen LogP) is 0.638. The van der Waals surface area contributed by atoms with Crippen LogP contribution in [0.1, 0.15) is 22.3 Å². The molecule has 0 fully saturated rings. The monoisotopic (exact) mass is 278 g/mol. The second-order valence-corrected chi connectivity index (χ2v) is 4.78. The minimum atomic E-state index is -1.00. The molecular weight excluding hydrogens is 260 g/mol. The van der Waals surface area contributed by atoms with Gasteiger partial charge in [0.25, 0.3) is 0 Å². The number of benzene rings is 1. The lowest BCUT2D eigenvalue weighted by molar-refractivity contribution is -0.120. The summed E-state index contributed by atoms with van der Waals surface area (Å²) in [6, 6.07) is 4.22. The molecule has 2 rings (SSSR count). The van der Waals surface area contributed by atoms with Gasteiger partial charge in [-0.2, -0.15) is 0 Å². The Morgan fingerprint density at radius 3 is 2.90 bits per heavy atom. The zero-order chi connectivity index (χ0) is 14.7. The predicted molar refractivity (Wildman–Crippen MR) is 73.9 cm³/mol. The number of nitrogens with two attached hydrogens (primary N) is 1. The van der Waals surface area contributed by atoms with Gasteiger partial charge in [-0.1, -0.05) is 6.07 Å². The van der Waals surface area contributed by atoms with Crippen molar-refractivity contribution in [2.75, 3.05) is 25.2 Å². The normalized spacial score (nSPS) is 15.0. The molecule has 0 saturated carbocycles. The van der Waals surface area contributed by atoms with Crippen molar-refractivity contribution in [1.29, 1.82) is 0 Å². The Hall–Kier alpha value is -1.92. The van der Waals surface area contributed by atoms with Crippen molar-refractivity contribution in [3.8, 4) is 0 Å². The zero-order valence-electron chi connectivity index (χ0n) is 11.3. The lowest BCUT2D eigenvalue weighted by Gasteiger charge is -2.21. The number of carboxylic acid groups (broad SMARTS) is 1. The van der Waals surface area contributed by atoms with E-state index in [9.17, 15) is 9.59 Å². The van der Waals surface area contributed by atoms with E-state index in [1.807, 2.05) is 0 Å². The number of carbonyl (C=O) groups excluding carboxylic acids is 1. The van der Waals surface area contributed by atoms with Gasteiger partial charge < -0.3 is 20.5 Å². The van der Waals surface area contributed by atoms with Gasteiger partial charge in [-0.05, 0) is 30.5 Å². The third kappa shape index (κ3) is 2.81. The molecule has 1 heterocycles. The van der Waals surface area contributed by atoms with Crippen LogP contribution in [0.2, 0.25) is 0 Å². The molecular formula is C14H18N2O4. The molecule has 1 aliphatic heterocycles. The van der Waals surface area contributed by atoms with E-state index in [1.54, 1.807) is 24.1 Å². The highest BCUT2D eigenvalue weighted by atomic mass is 16.5. The highest BCUT2D eigenvalue weighted by Gasteiger charge is 2.28. The van der Waals surface area contributed by atoms with Crippen LogP contribution in [0.25, 0.3) is 0 Å². The van der Waals surface area contributed by atoms with Crippen LogP contribution in [0.15, 0.2) is 18.2 Å². The molecule has 0 aliphatic carbocycles. The minimum Gasteiger partial charge on any atom is -0.478 e. The van der Waals surface area contributed by atoms with Crippen LogP contribution in [0.3, 0.4) is 0 Å². The number of rotatable bonds is 5. The highest BCUT2D eigenvalue weighted by Crippen LogP contribution is 2.29. The van der Waals surface area contributed by atoms with Gasteiger partial charge in [-0.15, -0.1) is 0 Å². The molecule has 6 nitrogen and oxygen atoms in total. The van der Waals surface area contributed by atoms with Crippen LogP contribution in [0.5, 0.6) is 0 Å². The van der Waals surface area contributed by atoms with Crippen molar-refractivity contribution in [1.82, 2.24) is 0 Å². The maximum absolute atomic E-state index is 12.3. The number of amides is 1. The molecule has 0 bridgehead atoms. The Bertz CT molecular complexity index is 530. The van der Waals surface area contributed by atoms with Crippen LogP contribution in [-0.4, -0.2) is 43.3 Å². The molecule has 1 aromatic rings. The van der Waals surface area contributed by atoms with Crippen LogP contribution >= 0.6 is 0 Å². The van der Waals surface area contributed by atoms with E-state index < -0.39 is 12.0 Å². The first-order valence-corrected chi connectivity index (χ1v) is 6.46. The first-order valence-electron chi connectivity index (χ1n) is 6.46. The van der Waals surface area contributed by atoms with Gasteiger partial charge in [0, 0.05) is 25.9 Å². The molecule has 0 aromatic heterocycles. The number of hydrogen-bond acceptors (Lipinski definition) is 4. The molecule has 108 valence electrons. The SMILES string of the molecule is COCCC(N)C(=O)N1CCc2ccc(C(=O)O)cc21. The summed E-state index contributed by atoms with van der Waals surface area (Å²) in [6.45, 7) is 0.959. The smallest absolute Gasteiger partial charge is 0.335 e. The number of fused-ring (bicyclic) bond motifs is 1. The molecule has 0 radical (unpaired) electrons. The first-order chi connectivity index (χ1) is 9.54. The van der Waals surface area contributed by atoms with Crippen LogP contribution in [0, 0.1) is 0 Å². The number of carboxylic acids is 1. The average Bonchev–Trinajstić information content (AvgIpc) is 2.86. The molecule has 1 aliphatic rings. The van der Waals surface area contributed by atoms with Crippen molar-refractivity contribution in [2.24, 2.45) is 5.73 Å². The molecule has 0 spiro atoms. The van der Waals surface area contributed by atoms with Gasteiger partial charge in [0.2, 0.25) is 5.91 Å². The molecule has 6 heteroatoms. The molecule has 1 aromatic carbocycles. The Morgan fingerprint density at radius 2 is 2.25 bits per heavy atom. The van der Waals surface area contributed by atoms with Crippen LogP contribution in [0.4, 0.5) is 5.69 Å². The standard InChI is InChI=1S/C14H18N2O4/c1-20-7-5-11(15)13(17)16-6-4-9-2-3-10(14(18)19)8-12(9)16/h2-3,8,11H,4-7,15H2,1H3,(H,18,19). The topological polar surface area (TPSA) is 92.9 Å². The molecule has 1 atom stereocenters. The van der Waals surface area contributed by atoms with Crippen LogP contribution < -0.4 is 10.6 Å². The van der Waals surface area contributed by atoms with Crippen LogP contribution in [-0.2, 0) is 16.0 Å². The quantitative estimate of drug-likeness (QED) is 0.824. The van der Waals surface area contributed by atoms with Gasteiger partial charge in [0.15, 0.2) is 0 Å². The molecule has 3 N–H and O–H groups in total. The largest absolute Gasteiger partial charge is 0.478 e. The van der Waals surface area contributed by atoms with E-state index in [0.717, 1.165) is 12.0 Å². The second-order valence-electron chi connectivity index (χ2n) is 4.78. The van der Waals surface area contributed by atoms with E-state index in [0.29, 0.717) is 25.3 Å². The number of methoxy groups -OCH3 is 1.